The van der Waals surface area contributed by atoms with Crippen molar-refractivity contribution in [2.24, 2.45) is 0 Å². The smallest absolute Gasteiger partial charge is 0.310 e. The van der Waals surface area contributed by atoms with Gasteiger partial charge in [-0.1, -0.05) is 6.07 Å². The Kier molecular flexibility index (Phi) is 5.88. The predicted molar refractivity (Wildman–Crippen MR) is 93.4 cm³/mol. The fourth-order valence-corrected chi connectivity index (χ4v) is 3.09. The summed E-state index contributed by atoms with van der Waals surface area (Å²) in [5.41, 5.74) is -0.231. The minimum Gasteiger partial charge on any atom is -0.378 e. The van der Waals surface area contributed by atoms with Crippen LogP contribution in [0.5, 0.6) is 0 Å². The van der Waals surface area contributed by atoms with Crippen LogP contribution < -0.4 is 10.6 Å². The highest BCUT2D eigenvalue weighted by Crippen LogP contribution is 2.31. The van der Waals surface area contributed by atoms with Gasteiger partial charge in [0.2, 0.25) is 0 Å². The van der Waals surface area contributed by atoms with E-state index in [1.165, 1.54) is 24.3 Å². The molecular formula is C16H16FN3O5S. The van der Waals surface area contributed by atoms with E-state index >= 15 is 0 Å². The first kappa shape index (κ1) is 19.3. The maximum atomic E-state index is 12.8. The van der Waals surface area contributed by atoms with E-state index in [0.717, 1.165) is 24.5 Å². The van der Waals surface area contributed by atoms with Gasteiger partial charge in [-0.2, -0.15) is 0 Å². The molecule has 10 heteroatoms. The summed E-state index contributed by atoms with van der Waals surface area (Å²) in [6.45, 7) is 0.247. The van der Waals surface area contributed by atoms with Crippen LogP contribution in [0.1, 0.15) is 10.4 Å². The zero-order valence-corrected chi connectivity index (χ0v) is 14.5. The van der Waals surface area contributed by atoms with Gasteiger partial charge in [-0.3, -0.25) is 14.9 Å². The van der Waals surface area contributed by atoms with Crippen LogP contribution in [0, 0.1) is 15.9 Å². The summed E-state index contributed by atoms with van der Waals surface area (Å²) in [4.78, 5) is 22.0. The Bertz CT molecular complexity index is 929. The molecule has 138 valence electrons. The van der Waals surface area contributed by atoms with Crippen molar-refractivity contribution in [3.05, 3.63) is 64.0 Å². The molecule has 0 aliphatic rings. The number of nitrogens with one attached hydrogen (secondary N) is 2. The third kappa shape index (κ3) is 4.76. The fraction of sp³-hybridized carbons (Fsp3) is 0.188. The van der Waals surface area contributed by atoms with Crippen molar-refractivity contribution in [2.75, 3.05) is 24.7 Å². The number of hydrogen-bond donors (Lipinski definition) is 2. The van der Waals surface area contributed by atoms with Gasteiger partial charge in [-0.15, -0.1) is 0 Å². The summed E-state index contributed by atoms with van der Waals surface area (Å²) < 4.78 is 36.2. The molecule has 0 atom stereocenters. The molecule has 2 aromatic rings. The first-order chi connectivity index (χ1) is 12.2. The van der Waals surface area contributed by atoms with Crippen LogP contribution in [0.25, 0.3) is 0 Å². The molecule has 8 nitrogen and oxygen atoms in total. The summed E-state index contributed by atoms with van der Waals surface area (Å²) in [7, 11) is -3.77. The van der Waals surface area contributed by atoms with Crippen LogP contribution in [-0.4, -0.2) is 38.6 Å². The number of carbonyl (C=O) groups excluding carboxylic acids is 1. The lowest BCUT2D eigenvalue weighted by molar-refractivity contribution is -0.386. The maximum absolute atomic E-state index is 12.8. The van der Waals surface area contributed by atoms with Crippen molar-refractivity contribution in [3.63, 3.8) is 0 Å². The number of para-hydroxylation sites is 1. The van der Waals surface area contributed by atoms with E-state index < -0.39 is 32.2 Å². The van der Waals surface area contributed by atoms with E-state index in [4.69, 9.17) is 0 Å². The van der Waals surface area contributed by atoms with E-state index in [1.54, 1.807) is 0 Å². The second kappa shape index (κ2) is 7.91. The number of amides is 1. The normalized spacial score (nSPS) is 11.0. The maximum Gasteiger partial charge on any atom is 0.310 e. The third-order valence-corrected chi connectivity index (χ3v) is 4.54. The van der Waals surface area contributed by atoms with Gasteiger partial charge in [0.1, 0.15) is 16.4 Å². The van der Waals surface area contributed by atoms with Crippen LogP contribution in [0.15, 0.2) is 47.4 Å². The number of hydrogen-bond acceptors (Lipinski definition) is 6. The second-order valence-electron chi connectivity index (χ2n) is 5.37. The number of nitrogens with zero attached hydrogens (tertiary/aromatic N) is 1. The summed E-state index contributed by atoms with van der Waals surface area (Å²) >= 11 is 0. The summed E-state index contributed by atoms with van der Waals surface area (Å²) in [6.07, 6.45) is 0.891. The zero-order chi connectivity index (χ0) is 19.3. The standard InChI is InChI=1S/C16H16FN3O5S/c1-26(24,25)14-4-2-3-13(15(14)20(22)23)18-9-10-19-16(21)11-5-7-12(17)8-6-11/h2-8,18H,9-10H2,1H3,(H,19,21). The molecule has 0 unspecified atom stereocenters. The molecular weight excluding hydrogens is 365 g/mol. The largest absolute Gasteiger partial charge is 0.378 e. The molecule has 0 bridgehead atoms. The van der Waals surface area contributed by atoms with Crippen molar-refractivity contribution in [2.45, 2.75) is 4.90 Å². The first-order valence-electron chi connectivity index (χ1n) is 7.45. The molecule has 0 heterocycles. The molecule has 0 aliphatic heterocycles. The molecule has 0 radical (unpaired) electrons. The Balaban J connectivity index is 2.03. The number of nitro groups is 1. The van der Waals surface area contributed by atoms with Crippen LogP contribution in [-0.2, 0) is 9.84 Å². The van der Waals surface area contributed by atoms with E-state index in [9.17, 15) is 27.7 Å². The van der Waals surface area contributed by atoms with Gasteiger partial charge in [-0.25, -0.2) is 12.8 Å². The average molecular weight is 381 g/mol. The number of carbonyl (C=O) groups is 1. The average Bonchev–Trinajstić information content (AvgIpc) is 2.58. The summed E-state index contributed by atoms with van der Waals surface area (Å²) in [5, 5.41) is 16.6. The molecule has 0 saturated carbocycles. The van der Waals surface area contributed by atoms with Gasteiger partial charge >= 0.3 is 5.69 Å². The lowest BCUT2D eigenvalue weighted by Crippen LogP contribution is -2.28. The highest BCUT2D eigenvalue weighted by molar-refractivity contribution is 7.90. The predicted octanol–water partition coefficient (Wildman–Crippen LogP) is 1.98. The van der Waals surface area contributed by atoms with Crippen LogP contribution in [0.3, 0.4) is 0 Å². The Morgan fingerprint density at radius 2 is 1.81 bits per heavy atom. The molecule has 0 saturated heterocycles. The van der Waals surface area contributed by atoms with Crippen LogP contribution >= 0.6 is 0 Å². The lowest BCUT2D eigenvalue weighted by atomic mass is 10.2. The van der Waals surface area contributed by atoms with E-state index in [2.05, 4.69) is 10.6 Å². The third-order valence-electron chi connectivity index (χ3n) is 3.41. The van der Waals surface area contributed by atoms with Crippen molar-refractivity contribution < 1.29 is 22.5 Å². The fourth-order valence-electron chi connectivity index (χ4n) is 2.23. The molecule has 26 heavy (non-hydrogen) atoms. The van der Waals surface area contributed by atoms with Crippen molar-refractivity contribution in [3.8, 4) is 0 Å². The number of benzene rings is 2. The van der Waals surface area contributed by atoms with Gasteiger partial charge in [0.15, 0.2) is 9.84 Å². The topological polar surface area (TPSA) is 118 Å². The van der Waals surface area contributed by atoms with Gasteiger partial charge in [0, 0.05) is 24.9 Å². The monoisotopic (exact) mass is 381 g/mol. The Morgan fingerprint density at radius 1 is 1.15 bits per heavy atom. The summed E-state index contributed by atoms with van der Waals surface area (Å²) in [5.74, 6) is -0.882. The SMILES string of the molecule is CS(=O)(=O)c1cccc(NCCNC(=O)c2ccc(F)cc2)c1[N+](=O)[O-]. The number of halogens is 1. The Hall–Kier alpha value is -3.01. The minimum absolute atomic E-state index is 0.0361. The van der Waals surface area contributed by atoms with Gasteiger partial charge < -0.3 is 10.6 Å². The highest BCUT2D eigenvalue weighted by atomic mass is 32.2. The second-order valence-corrected chi connectivity index (χ2v) is 7.36. The molecule has 0 spiro atoms. The number of nitro benzene ring substituents is 1. The Labute approximate surface area is 149 Å². The highest BCUT2D eigenvalue weighted by Gasteiger charge is 2.25. The van der Waals surface area contributed by atoms with E-state index in [-0.39, 0.29) is 29.2 Å². The van der Waals surface area contributed by atoms with E-state index in [0.29, 0.717) is 0 Å². The summed E-state index contributed by atoms with van der Waals surface area (Å²) in [6, 6.07) is 8.92. The van der Waals surface area contributed by atoms with Gasteiger partial charge in [0.05, 0.1) is 4.92 Å². The minimum atomic E-state index is -3.77. The van der Waals surface area contributed by atoms with Gasteiger partial charge in [0.25, 0.3) is 5.91 Å². The van der Waals surface area contributed by atoms with Crippen LogP contribution in [0.4, 0.5) is 15.8 Å². The number of sulfone groups is 1. The van der Waals surface area contributed by atoms with Crippen molar-refractivity contribution in [1.29, 1.82) is 0 Å². The lowest BCUT2D eigenvalue weighted by Gasteiger charge is -2.10. The van der Waals surface area contributed by atoms with Crippen molar-refractivity contribution in [1.82, 2.24) is 5.32 Å². The quantitative estimate of drug-likeness (QED) is 0.430. The van der Waals surface area contributed by atoms with Crippen molar-refractivity contribution >= 4 is 27.1 Å². The van der Waals surface area contributed by atoms with Gasteiger partial charge in [-0.05, 0) is 36.4 Å². The van der Waals surface area contributed by atoms with E-state index in [1.807, 2.05) is 0 Å². The number of rotatable bonds is 7. The first-order valence-corrected chi connectivity index (χ1v) is 9.34. The molecule has 0 aliphatic carbocycles. The number of anilines is 1. The zero-order valence-electron chi connectivity index (χ0n) is 13.7. The molecule has 1 amide bonds. The molecule has 2 aromatic carbocycles. The molecule has 2 N–H and O–H groups in total. The molecule has 0 aromatic heterocycles. The molecule has 0 fully saturated rings. The molecule has 2 rings (SSSR count). The van der Waals surface area contributed by atoms with Crippen LogP contribution in [0.2, 0.25) is 0 Å². The Morgan fingerprint density at radius 3 is 2.38 bits per heavy atom.